The fourth-order valence-corrected chi connectivity index (χ4v) is 4.33. The van der Waals surface area contributed by atoms with Crippen molar-refractivity contribution in [2.75, 3.05) is 24.5 Å². The summed E-state index contributed by atoms with van der Waals surface area (Å²) in [6, 6.07) is 7.53. The maximum atomic E-state index is 14.3. The van der Waals surface area contributed by atoms with Crippen molar-refractivity contribution in [2.24, 2.45) is 0 Å². The number of carbonyl (C=O) groups is 1. The van der Waals surface area contributed by atoms with Crippen molar-refractivity contribution in [3.63, 3.8) is 0 Å². The highest BCUT2D eigenvalue weighted by Gasteiger charge is 2.41. The van der Waals surface area contributed by atoms with Gasteiger partial charge in [-0.05, 0) is 30.7 Å². The topological polar surface area (TPSA) is 74.0 Å². The largest absolute Gasteiger partial charge is 0.386 e. The Kier molecular flexibility index (Phi) is 4.25. The van der Waals surface area contributed by atoms with E-state index in [1.165, 1.54) is 27.7 Å². The molecule has 2 aliphatic rings. The lowest BCUT2D eigenvalue weighted by Gasteiger charge is -2.43. The molecule has 2 fully saturated rings. The van der Waals surface area contributed by atoms with Gasteiger partial charge in [-0.15, -0.1) is 0 Å². The molecule has 4 heterocycles. The van der Waals surface area contributed by atoms with Crippen molar-refractivity contribution in [2.45, 2.75) is 31.2 Å². The fourth-order valence-electron chi connectivity index (χ4n) is 4.33. The highest BCUT2D eigenvalue weighted by Crippen LogP contribution is 2.37. The van der Waals surface area contributed by atoms with Gasteiger partial charge in [0, 0.05) is 12.6 Å². The van der Waals surface area contributed by atoms with Crippen molar-refractivity contribution < 1.29 is 18.7 Å². The first kappa shape index (κ1) is 18.9. The number of rotatable bonds is 3. The van der Waals surface area contributed by atoms with Crippen LogP contribution in [0, 0.1) is 5.82 Å². The number of fused-ring (bicyclic) bond motifs is 1. The molecule has 0 radical (unpaired) electrons. The van der Waals surface area contributed by atoms with Crippen LogP contribution in [0.25, 0.3) is 5.65 Å². The van der Waals surface area contributed by atoms with Gasteiger partial charge in [-0.3, -0.25) is 4.79 Å². The lowest BCUT2D eigenvalue weighted by molar-refractivity contribution is -0.0668. The van der Waals surface area contributed by atoms with E-state index in [0.29, 0.717) is 22.6 Å². The summed E-state index contributed by atoms with van der Waals surface area (Å²) in [7, 11) is 0. The van der Waals surface area contributed by atoms with E-state index in [1.54, 1.807) is 36.2 Å². The van der Waals surface area contributed by atoms with Crippen LogP contribution in [0.5, 0.6) is 0 Å². The van der Waals surface area contributed by atoms with Crippen LogP contribution in [0.3, 0.4) is 0 Å². The van der Waals surface area contributed by atoms with Gasteiger partial charge in [-0.1, -0.05) is 12.1 Å². The zero-order chi connectivity index (χ0) is 21.0. The minimum Gasteiger partial charge on any atom is -0.386 e. The van der Waals surface area contributed by atoms with Crippen LogP contribution in [-0.2, 0) is 0 Å². The molecule has 1 N–H and O–H groups in total. The third kappa shape index (κ3) is 3.19. The van der Waals surface area contributed by atoms with E-state index in [4.69, 9.17) is 0 Å². The average molecular weight is 413 g/mol. The van der Waals surface area contributed by atoms with Gasteiger partial charge in [0.15, 0.2) is 5.65 Å². The number of halogens is 2. The fraction of sp³-hybridized carbons (Fsp3) is 0.381. The second kappa shape index (κ2) is 6.73. The minimum atomic E-state index is -1.06. The maximum Gasteiger partial charge on any atom is 0.259 e. The minimum absolute atomic E-state index is 0.136. The second-order valence-electron chi connectivity index (χ2n) is 8.33. The van der Waals surface area contributed by atoms with Crippen LogP contribution in [-0.4, -0.2) is 61.9 Å². The smallest absolute Gasteiger partial charge is 0.259 e. The van der Waals surface area contributed by atoms with E-state index in [-0.39, 0.29) is 43.8 Å². The van der Waals surface area contributed by atoms with Crippen LogP contribution < -0.4 is 4.90 Å². The molecular formula is C21H21F2N5O2. The summed E-state index contributed by atoms with van der Waals surface area (Å²) in [5.74, 6) is -0.123. The molecule has 2 aliphatic heterocycles. The molecule has 0 aliphatic carbocycles. The first-order chi connectivity index (χ1) is 14.3. The zero-order valence-electron chi connectivity index (χ0n) is 16.4. The van der Waals surface area contributed by atoms with E-state index in [9.17, 15) is 18.7 Å². The number of hydrogen-bond donors (Lipinski definition) is 1. The first-order valence-electron chi connectivity index (χ1n) is 9.83. The van der Waals surface area contributed by atoms with Crippen LogP contribution >= 0.6 is 0 Å². The molecule has 1 aromatic carbocycles. The van der Waals surface area contributed by atoms with Crippen LogP contribution in [0.15, 0.2) is 42.7 Å². The highest BCUT2D eigenvalue weighted by atomic mass is 19.1. The molecule has 2 atom stereocenters. The summed E-state index contributed by atoms with van der Waals surface area (Å²) in [6.45, 7) is 2.31. The molecule has 0 saturated carbocycles. The number of β-amino-alcohol motifs (C(OH)–C–C–N with tert-alkyl or cyclic N) is 1. The number of benzene rings is 1. The first-order valence-corrected chi connectivity index (χ1v) is 9.83. The van der Waals surface area contributed by atoms with Gasteiger partial charge in [0.1, 0.15) is 23.4 Å². The van der Waals surface area contributed by atoms with Crippen molar-refractivity contribution in [1.29, 1.82) is 0 Å². The van der Waals surface area contributed by atoms with Gasteiger partial charge in [0.25, 0.3) is 5.91 Å². The van der Waals surface area contributed by atoms with Gasteiger partial charge in [0.05, 0.1) is 37.5 Å². The van der Waals surface area contributed by atoms with Gasteiger partial charge >= 0.3 is 0 Å². The Morgan fingerprint density at radius 2 is 2.10 bits per heavy atom. The molecule has 0 spiro atoms. The normalized spacial score (nSPS) is 23.1. The van der Waals surface area contributed by atoms with Crippen LogP contribution in [0.1, 0.15) is 35.3 Å². The summed E-state index contributed by atoms with van der Waals surface area (Å²) >= 11 is 0. The SMILES string of the molecule is CC1(O)CN(C(=O)c2cnn3ccc(N4C[C@@H](F)CC4c4cccc(F)c4)nc23)C1. The third-order valence-electron chi connectivity index (χ3n) is 5.71. The van der Waals surface area contributed by atoms with E-state index < -0.39 is 11.8 Å². The quantitative estimate of drug-likeness (QED) is 0.714. The van der Waals surface area contributed by atoms with E-state index >= 15 is 0 Å². The van der Waals surface area contributed by atoms with Gasteiger partial charge in [-0.2, -0.15) is 5.10 Å². The Morgan fingerprint density at radius 3 is 2.83 bits per heavy atom. The van der Waals surface area contributed by atoms with Gasteiger partial charge in [0.2, 0.25) is 0 Å². The van der Waals surface area contributed by atoms with Crippen LogP contribution in [0.4, 0.5) is 14.6 Å². The van der Waals surface area contributed by atoms with E-state index in [1.807, 2.05) is 0 Å². The molecule has 2 saturated heterocycles. The second-order valence-corrected chi connectivity index (χ2v) is 8.33. The molecule has 9 heteroatoms. The standard InChI is InChI=1S/C21H21F2N5O2/c1-21(30)11-26(12-21)20(29)16-9-24-28-6-5-18(25-19(16)28)27-10-15(23)8-17(27)13-3-2-4-14(22)7-13/h2-7,9,15,17,30H,8,10-12H2,1H3/t15-,17?/m0/s1. The predicted molar refractivity (Wildman–Crippen MR) is 106 cm³/mol. The van der Waals surface area contributed by atoms with Crippen molar-refractivity contribution in [3.05, 3.63) is 59.7 Å². The van der Waals surface area contributed by atoms with Crippen LogP contribution in [0.2, 0.25) is 0 Å². The molecule has 5 rings (SSSR count). The average Bonchev–Trinajstić information content (AvgIpc) is 3.28. The Hall–Kier alpha value is -3.07. The van der Waals surface area contributed by atoms with E-state index in [2.05, 4.69) is 10.1 Å². The number of aromatic nitrogens is 3. The molecule has 1 unspecified atom stereocenters. The molecule has 3 aromatic rings. The molecule has 0 bridgehead atoms. The van der Waals surface area contributed by atoms with Gasteiger partial charge < -0.3 is 14.9 Å². The van der Waals surface area contributed by atoms with Crippen molar-refractivity contribution >= 4 is 17.4 Å². The van der Waals surface area contributed by atoms with Crippen molar-refractivity contribution in [1.82, 2.24) is 19.5 Å². The predicted octanol–water partition coefficient (Wildman–Crippen LogP) is 2.36. The molecule has 30 heavy (non-hydrogen) atoms. The molecule has 156 valence electrons. The number of likely N-dealkylation sites (tertiary alicyclic amines) is 1. The number of nitrogens with zero attached hydrogens (tertiary/aromatic N) is 5. The Morgan fingerprint density at radius 1 is 1.30 bits per heavy atom. The summed E-state index contributed by atoms with van der Waals surface area (Å²) in [5.41, 5.74) is 0.501. The van der Waals surface area contributed by atoms with E-state index in [0.717, 1.165) is 0 Å². The number of amides is 1. The Balaban J connectivity index is 1.49. The van der Waals surface area contributed by atoms with Crippen molar-refractivity contribution in [3.8, 4) is 0 Å². The molecule has 2 aromatic heterocycles. The lowest BCUT2D eigenvalue weighted by Crippen LogP contribution is -2.61. The number of carbonyl (C=O) groups excluding carboxylic acids is 1. The number of hydrogen-bond acceptors (Lipinski definition) is 5. The monoisotopic (exact) mass is 413 g/mol. The summed E-state index contributed by atoms with van der Waals surface area (Å²) in [5, 5.41) is 14.1. The highest BCUT2D eigenvalue weighted by molar-refractivity contribution is 6.00. The molecule has 1 amide bonds. The summed E-state index contributed by atoms with van der Waals surface area (Å²) in [4.78, 5) is 20.7. The maximum absolute atomic E-state index is 14.3. The number of anilines is 1. The number of alkyl halides is 1. The van der Waals surface area contributed by atoms with Gasteiger partial charge in [-0.25, -0.2) is 18.3 Å². The summed E-state index contributed by atoms with van der Waals surface area (Å²) in [6.07, 6.45) is 2.30. The molecular weight excluding hydrogens is 392 g/mol. The summed E-state index contributed by atoms with van der Waals surface area (Å²) < 4.78 is 29.5. The Bertz CT molecular complexity index is 1120. The Labute approximate surface area is 171 Å². The molecule has 7 nitrogen and oxygen atoms in total. The third-order valence-corrected chi connectivity index (χ3v) is 5.71. The number of aliphatic hydroxyl groups is 1. The zero-order valence-corrected chi connectivity index (χ0v) is 16.4. The lowest BCUT2D eigenvalue weighted by atomic mass is 9.96.